The SMILES string of the molecule is COC(=O)CN1CN(c2ccccc2)C2(CCN(Cc3cccc(OC)c3[N+](=O)[O-])CC2)C1=O. The molecule has 0 aliphatic carbocycles. The third-order valence-corrected chi connectivity index (χ3v) is 6.69. The van der Waals surface area contributed by atoms with E-state index in [1.807, 2.05) is 30.3 Å². The number of para-hydroxylation sites is 2. The van der Waals surface area contributed by atoms with E-state index in [1.165, 1.54) is 14.2 Å². The van der Waals surface area contributed by atoms with Crippen molar-refractivity contribution in [1.29, 1.82) is 0 Å². The number of nitro groups is 1. The summed E-state index contributed by atoms with van der Waals surface area (Å²) in [5.41, 5.74) is 0.689. The molecule has 2 aromatic carbocycles. The smallest absolute Gasteiger partial charge is 0.325 e. The second kappa shape index (κ2) is 9.68. The van der Waals surface area contributed by atoms with Crippen LogP contribution in [0.5, 0.6) is 5.75 Å². The summed E-state index contributed by atoms with van der Waals surface area (Å²) < 4.78 is 9.97. The molecule has 4 rings (SSSR count). The van der Waals surface area contributed by atoms with Crippen molar-refractivity contribution in [3.8, 4) is 5.75 Å². The molecule has 1 spiro atoms. The van der Waals surface area contributed by atoms with Crippen LogP contribution in [0.15, 0.2) is 48.5 Å². The van der Waals surface area contributed by atoms with Crippen molar-refractivity contribution in [3.63, 3.8) is 0 Å². The molecule has 1 amide bonds. The average molecular weight is 469 g/mol. The first-order valence-corrected chi connectivity index (χ1v) is 11.1. The van der Waals surface area contributed by atoms with Crippen molar-refractivity contribution in [2.75, 3.05) is 45.4 Å². The van der Waals surface area contributed by atoms with E-state index in [1.54, 1.807) is 23.1 Å². The quantitative estimate of drug-likeness (QED) is 0.347. The molecule has 0 radical (unpaired) electrons. The van der Waals surface area contributed by atoms with Gasteiger partial charge in [0.25, 0.3) is 5.91 Å². The summed E-state index contributed by atoms with van der Waals surface area (Å²) in [7, 11) is 2.73. The van der Waals surface area contributed by atoms with Gasteiger partial charge in [-0.05, 0) is 31.0 Å². The number of ether oxygens (including phenoxy) is 2. The first kappa shape index (κ1) is 23.5. The number of likely N-dealkylation sites (tertiary alicyclic amines) is 1. The Hall–Kier alpha value is -3.66. The number of rotatable bonds is 7. The molecule has 0 N–H and O–H groups in total. The number of hydrogen-bond donors (Lipinski definition) is 0. The number of nitrogens with zero attached hydrogens (tertiary/aromatic N) is 4. The van der Waals surface area contributed by atoms with Crippen LogP contribution in [0.2, 0.25) is 0 Å². The average Bonchev–Trinajstić information content (AvgIpc) is 3.11. The maximum atomic E-state index is 13.6. The fraction of sp³-hybridized carbons (Fsp3) is 0.417. The number of carbonyl (C=O) groups is 2. The summed E-state index contributed by atoms with van der Waals surface area (Å²) in [5.74, 6) is -0.314. The van der Waals surface area contributed by atoms with E-state index < -0.39 is 16.4 Å². The van der Waals surface area contributed by atoms with E-state index >= 15 is 0 Å². The Labute approximate surface area is 197 Å². The summed E-state index contributed by atoms with van der Waals surface area (Å²) in [5, 5.41) is 11.7. The van der Waals surface area contributed by atoms with Crippen LogP contribution in [0.1, 0.15) is 18.4 Å². The van der Waals surface area contributed by atoms with Gasteiger partial charge in [0.2, 0.25) is 0 Å². The van der Waals surface area contributed by atoms with Crippen LogP contribution in [-0.4, -0.2) is 72.7 Å². The molecule has 0 aromatic heterocycles. The van der Waals surface area contributed by atoms with Crippen LogP contribution in [-0.2, 0) is 20.9 Å². The molecule has 180 valence electrons. The monoisotopic (exact) mass is 468 g/mol. The van der Waals surface area contributed by atoms with Gasteiger partial charge in [0.1, 0.15) is 12.1 Å². The molecule has 0 bridgehead atoms. The van der Waals surface area contributed by atoms with Crippen LogP contribution in [0, 0.1) is 10.1 Å². The predicted molar refractivity (Wildman–Crippen MR) is 124 cm³/mol. The fourth-order valence-corrected chi connectivity index (χ4v) is 4.93. The van der Waals surface area contributed by atoms with Crippen molar-refractivity contribution >= 4 is 23.3 Å². The number of anilines is 1. The minimum atomic E-state index is -0.772. The molecule has 0 saturated carbocycles. The minimum absolute atomic E-state index is 0.0302. The number of hydrogen-bond acceptors (Lipinski definition) is 8. The predicted octanol–water partition coefficient (Wildman–Crippen LogP) is 2.42. The highest BCUT2D eigenvalue weighted by atomic mass is 16.6. The van der Waals surface area contributed by atoms with Gasteiger partial charge in [-0.3, -0.25) is 24.6 Å². The normalized spacial score (nSPS) is 17.8. The third kappa shape index (κ3) is 4.28. The number of carbonyl (C=O) groups excluding carboxylic acids is 2. The highest BCUT2D eigenvalue weighted by Crippen LogP contribution is 2.40. The van der Waals surface area contributed by atoms with Gasteiger partial charge < -0.3 is 19.3 Å². The Balaban J connectivity index is 1.56. The first-order valence-electron chi connectivity index (χ1n) is 11.1. The lowest BCUT2D eigenvalue weighted by Gasteiger charge is -2.43. The summed E-state index contributed by atoms with van der Waals surface area (Å²) in [6.45, 7) is 1.75. The standard InChI is InChI=1S/C24H28N4O6/c1-33-20-10-6-7-18(22(20)28(31)32)15-25-13-11-24(12-14-25)23(30)26(16-21(29)34-2)17-27(24)19-8-4-3-5-9-19/h3-10H,11-17H2,1-2H3. The number of benzene rings is 2. The summed E-state index contributed by atoms with van der Waals surface area (Å²) in [6.07, 6.45) is 1.08. The molecule has 2 aliphatic heterocycles. The maximum Gasteiger partial charge on any atom is 0.325 e. The highest BCUT2D eigenvalue weighted by molar-refractivity contribution is 5.95. The second-order valence-corrected chi connectivity index (χ2v) is 8.52. The Morgan fingerprint density at radius 2 is 1.79 bits per heavy atom. The first-order chi connectivity index (χ1) is 16.4. The van der Waals surface area contributed by atoms with Gasteiger partial charge in [-0.2, -0.15) is 0 Å². The molecule has 0 atom stereocenters. The molecule has 34 heavy (non-hydrogen) atoms. The van der Waals surface area contributed by atoms with Crippen molar-refractivity contribution in [2.24, 2.45) is 0 Å². The van der Waals surface area contributed by atoms with Gasteiger partial charge in [0.15, 0.2) is 5.75 Å². The number of amides is 1. The zero-order valence-electron chi connectivity index (χ0n) is 19.3. The van der Waals surface area contributed by atoms with E-state index in [2.05, 4.69) is 9.80 Å². The van der Waals surface area contributed by atoms with Gasteiger partial charge >= 0.3 is 11.7 Å². The van der Waals surface area contributed by atoms with Crippen molar-refractivity contribution in [3.05, 3.63) is 64.2 Å². The summed E-state index contributed by atoms with van der Waals surface area (Å²) in [4.78, 5) is 42.4. The largest absolute Gasteiger partial charge is 0.490 e. The molecular weight excluding hydrogens is 440 g/mol. The molecule has 10 nitrogen and oxygen atoms in total. The third-order valence-electron chi connectivity index (χ3n) is 6.69. The Bertz CT molecular complexity index is 1070. The van der Waals surface area contributed by atoms with E-state index in [4.69, 9.17) is 9.47 Å². The lowest BCUT2D eigenvalue weighted by molar-refractivity contribution is -0.386. The summed E-state index contributed by atoms with van der Waals surface area (Å²) in [6, 6.07) is 14.8. The maximum absolute atomic E-state index is 13.6. The zero-order chi connectivity index (χ0) is 24.3. The van der Waals surface area contributed by atoms with Crippen molar-refractivity contribution < 1.29 is 24.0 Å². The fourth-order valence-electron chi connectivity index (χ4n) is 4.93. The van der Waals surface area contributed by atoms with Crippen molar-refractivity contribution in [1.82, 2.24) is 9.80 Å². The number of nitro benzene ring substituents is 1. The van der Waals surface area contributed by atoms with E-state index in [9.17, 15) is 19.7 Å². The number of piperidine rings is 1. The summed E-state index contributed by atoms with van der Waals surface area (Å²) >= 11 is 0. The Morgan fingerprint density at radius 3 is 2.41 bits per heavy atom. The van der Waals surface area contributed by atoms with E-state index in [0.717, 1.165) is 5.69 Å². The highest BCUT2D eigenvalue weighted by Gasteiger charge is 2.54. The molecule has 2 aliphatic rings. The lowest BCUT2D eigenvalue weighted by Crippen LogP contribution is -2.56. The second-order valence-electron chi connectivity index (χ2n) is 8.52. The van der Waals surface area contributed by atoms with Gasteiger partial charge in [-0.25, -0.2) is 0 Å². The number of methoxy groups -OCH3 is 2. The number of esters is 1. The zero-order valence-corrected chi connectivity index (χ0v) is 19.3. The van der Waals surface area contributed by atoms with Crippen LogP contribution in [0.25, 0.3) is 0 Å². The van der Waals surface area contributed by atoms with E-state index in [-0.39, 0.29) is 23.9 Å². The van der Waals surface area contributed by atoms with Crippen LogP contribution in [0.4, 0.5) is 11.4 Å². The topological polar surface area (TPSA) is 105 Å². The van der Waals surface area contributed by atoms with E-state index in [0.29, 0.717) is 44.7 Å². The molecule has 2 fully saturated rings. The minimum Gasteiger partial charge on any atom is -0.490 e. The van der Waals surface area contributed by atoms with Gasteiger partial charge in [0, 0.05) is 30.9 Å². The van der Waals surface area contributed by atoms with Crippen LogP contribution < -0.4 is 9.64 Å². The van der Waals surface area contributed by atoms with Gasteiger partial charge in [0.05, 0.1) is 25.8 Å². The molecule has 0 unspecified atom stereocenters. The van der Waals surface area contributed by atoms with Crippen molar-refractivity contribution in [2.45, 2.75) is 24.9 Å². The molecule has 2 heterocycles. The molecule has 2 aromatic rings. The Kier molecular flexibility index (Phi) is 6.69. The molecular formula is C24H28N4O6. The molecule has 10 heteroatoms. The van der Waals surface area contributed by atoms with Crippen LogP contribution in [0.3, 0.4) is 0 Å². The molecule has 2 saturated heterocycles. The van der Waals surface area contributed by atoms with Crippen LogP contribution >= 0.6 is 0 Å². The Morgan fingerprint density at radius 1 is 1.09 bits per heavy atom. The lowest BCUT2D eigenvalue weighted by atomic mass is 9.85. The van der Waals surface area contributed by atoms with Gasteiger partial charge in [-0.1, -0.05) is 30.3 Å². The van der Waals surface area contributed by atoms with Gasteiger partial charge in [-0.15, -0.1) is 0 Å².